The highest BCUT2D eigenvalue weighted by molar-refractivity contribution is 7.22. The van der Waals surface area contributed by atoms with Gasteiger partial charge in [-0.1, -0.05) is 48.3 Å². The molecule has 1 aliphatic rings. The number of anilines is 1. The van der Waals surface area contributed by atoms with Crippen molar-refractivity contribution < 1.29 is 18.7 Å². The lowest BCUT2D eigenvalue weighted by Gasteiger charge is -2.22. The number of carbonyl (C=O) groups excluding carboxylic acids is 1. The fourth-order valence-electron chi connectivity index (χ4n) is 4.46. The molecular weight excluding hydrogens is 476 g/mol. The molecule has 8 heteroatoms. The highest BCUT2D eigenvalue weighted by atomic mass is 32.1. The van der Waals surface area contributed by atoms with Gasteiger partial charge in [0.05, 0.1) is 34.3 Å². The average Bonchev–Trinajstić information content (AvgIpc) is 3.46. The summed E-state index contributed by atoms with van der Waals surface area (Å²) in [6, 6.07) is 19.1. The molecule has 0 unspecified atom stereocenters. The minimum absolute atomic E-state index is 0.0347. The standard InChI is InChI=1S/C28H20N2O5S/c1-3-14-34-17-10-8-16(9-11-17)24-23-25(31)19-6-4-5-7-21(19)35-26(23)27(32)30(24)28-29-20-13-12-18(33-2)15-22(20)36-28/h3-13,15,24H,1,14H2,2H3/t24-/m0/s1. The Morgan fingerprint density at radius 3 is 2.64 bits per heavy atom. The van der Waals surface area contributed by atoms with Gasteiger partial charge in [0.2, 0.25) is 5.76 Å². The molecule has 5 aromatic rings. The Morgan fingerprint density at radius 1 is 1.08 bits per heavy atom. The number of nitrogens with zero attached hydrogens (tertiary/aromatic N) is 2. The van der Waals surface area contributed by atoms with Gasteiger partial charge in [-0.3, -0.25) is 14.5 Å². The summed E-state index contributed by atoms with van der Waals surface area (Å²) in [5, 5.41) is 0.894. The first-order valence-corrected chi connectivity index (χ1v) is 12.1. The predicted octanol–water partition coefficient (Wildman–Crippen LogP) is 5.73. The van der Waals surface area contributed by atoms with Crippen LogP contribution in [-0.4, -0.2) is 24.6 Å². The lowest BCUT2D eigenvalue weighted by Crippen LogP contribution is -2.29. The van der Waals surface area contributed by atoms with Gasteiger partial charge >= 0.3 is 0 Å². The van der Waals surface area contributed by atoms with E-state index in [1.807, 2.05) is 42.5 Å². The number of methoxy groups -OCH3 is 1. The predicted molar refractivity (Wildman–Crippen MR) is 139 cm³/mol. The Bertz CT molecular complexity index is 1700. The zero-order valence-corrected chi connectivity index (χ0v) is 20.1. The van der Waals surface area contributed by atoms with E-state index < -0.39 is 11.9 Å². The maximum Gasteiger partial charge on any atom is 0.297 e. The number of amides is 1. The third-order valence-corrected chi connectivity index (χ3v) is 7.15. The van der Waals surface area contributed by atoms with Crippen molar-refractivity contribution in [3.05, 3.63) is 106 Å². The van der Waals surface area contributed by atoms with Crippen molar-refractivity contribution >= 4 is 43.6 Å². The van der Waals surface area contributed by atoms with Crippen LogP contribution in [0.5, 0.6) is 11.5 Å². The molecular formula is C28H20N2O5S. The Morgan fingerprint density at radius 2 is 1.86 bits per heavy atom. The Hall–Kier alpha value is -4.43. The third kappa shape index (κ3) is 3.46. The molecule has 1 amide bonds. The molecule has 0 saturated carbocycles. The van der Waals surface area contributed by atoms with Crippen LogP contribution in [-0.2, 0) is 0 Å². The van der Waals surface area contributed by atoms with Gasteiger partial charge in [-0.2, -0.15) is 0 Å². The number of carbonyl (C=O) groups is 1. The number of hydrogen-bond acceptors (Lipinski definition) is 7. The molecule has 0 aliphatic carbocycles. The van der Waals surface area contributed by atoms with E-state index in [1.54, 1.807) is 42.4 Å². The van der Waals surface area contributed by atoms with Crippen LogP contribution in [0.1, 0.15) is 27.7 Å². The first-order chi connectivity index (χ1) is 17.6. The van der Waals surface area contributed by atoms with E-state index in [0.29, 0.717) is 39.8 Å². The molecule has 1 aliphatic heterocycles. The summed E-state index contributed by atoms with van der Waals surface area (Å²) in [7, 11) is 1.60. The van der Waals surface area contributed by atoms with Crippen LogP contribution in [0, 0.1) is 0 Å². The number of ether oxygens (including phenoxy) is 2. The largest absolute Gasteiger partial charge is 0.497 e. The van der Waals surface area contributed by atoms with E-state index in [9.17, 15) is 9.59 Å². The van der Waals surface area contributed by atoms with Crippen LogP contribution in [0.2, 0.25) is 0 Å². The van der Waals surface area contributed by atoms with Crippen LogP contribution in [0.15, 0.2) is 88.6 Å². The second-order valence-electron chi connectivity index (χ2n) is 8.25. The van der Waals surface area contributed by atoms with E-state index in [4.69, 9.17) is 18.9 Å². The van der Waals surface area contributed by atoms with Crippen LogP contribution >= 0.6 is 11.3 Å². The molecule has 0 fully saturated rings. The summed E-state index contributed by atoms with van der Waals surface area (Å²) >= 11 is 1.36. The SMILES string of the molecule is C=CCOc1ccc([C@H]2c3c(oc4ccccc4c3=O)C(=O)N2c2nc3ccc(OC)cc3s2)cc1. The summed E-state index contributed by atoms with van der Waals surface area (Å²) in [6.45, 7) is 4.04. The second-order valence-corrected chi connectivity index (χ2v) is 9.26. The number of aromatic nitrogens is 1. The maximum atomic E-state index is 13.8. The molecule has 1 atom stereocenters. The second kappa shape index (κ2) is 8.66. The quantitative estimate of drug-likeness (QED) is 0.280. The van der Waals surface area contributed by atoms with Gasteiger partial charge in [0, 0.05) is 0 Å². The first-order valence-electron chi connectivity index (χ1n) is 11.3. The van der Waals surface area contributed by atoms with E-state index in [0.717, 1.165) is 15.8 Å². The molecule has 3 aromatic carbocycles. The van der Waals surface area contributed by atoms with Gasteiger partial charge < -0.3 is 13.9 Å². The van der Waals surface area contributed by atoms with Crippen LogP contribution in [0.25, 0.3) is 21.2 Å². The number of thiazole rings is 1. The number of hydrogen-bond donors (Lipinski definition) is 0. The van der Waals surface area contributed by atoms with Crippen molar-refractivity contribution in [2.75, 3.05) is 18.6 Å². The number of fused-ring (bicyclic) bond motifs is 3. The highest BCUT2D eigenvalue weighted by Crippen LogP contribution is 2.44. The fourth-order valence-corrected chi connectivity index (χ4v) is 5.48. The molecule has 6 rings (SSSR count). The normalized spacial score (nSPS) is 14.9. The highest BCUT2D eigenvalue weighted by Gasteiger charge is 2.45. The molecule has 0 radical (unpaired) electrons. The topological polar surface area (TPSA) is 81.9 Å². The first kappa shape index (κ1) is 22.1. The molecule has 36 heavy (non-hydrogen) atoms. The van der Waals surface area contributed by atoms with Gasteiger partial charge in [-0.05, 0) is 48.0 Å². The summed E-state index contributed by atoms with van der Waals surface area (Å²) in [5.74, 6) is 0.985. The van der Waals surface area contributed by atoms with Gasteiger partial charge in [0.1, 0.15) is 23.7 Å². The summed E-state index contributed by atoms with van der Waals surface area (Å²) < 4.78 is 17.8. The third-order valence-electron chi connectivity index (χ3n) is 6.13. The van der Waals surface area contributed by atoms with Crippen molar-refractivity contribution in [3.63, 3.8) is 0 Å². The average molecular weight is 497 g/mol. The van der Waals surface area contributed by atoms with E-state index in [2.05, 4.69) is 6.58 Å². The van der Waals surface area contributed by atoms with Crippen molar-refractivity contribution in [2.45, 2.75) is 6.04 Å². The van der Waals surface area contributed by atoms with Crippen LogP contribution in [0.4, 0.5) is 5.13 Å². The Labute approximate surface area is 209 Å². The lowest BCUT2D eigenvalue weighted by molar-refractivity contribution is 0.0971. The summed E-state index contributed by atoms with van der Waals surface area (Å²) in [5.41, 5.74) is 1.92. The van der Waals surface area contributed by atoms with Crippen molar-refractivity contribution in [3.8, 4) is 11.5 Å². The summed E-state index contributed by atoms with van der Waals surface area (Å²) in [6.07, 6.45) is 1.67. The molecule has 0 saturated heterocycles. The monoisotopic (exact) mass is 496 g/mol. The van der Waals surface area contributed by atoms with Crippen molar-refractivity contribution in [2.24, 2.45) is 0 Å². The van der Waals surface area contributed by atoms with Gasteiger partial charge in [0.15, 0.2) is 10.6 Å². The number of para-hydroxylation sites is 1. The smallest absolute Gasteiger partial charge is 0.297 e. The van der Waals surface area contributed by atoms with Gasteiger partial charge in [0.25, 0.3) is 5.91 Å². The van der Waals surface area contributed by atoms with Crippen LogP contribution < -0.4 is 19.8 Å². The summed E-state index contributed by atoms with van der Waals surface area (Å²) in [4.78, 5) is 33.7. The van der Waals surface area contributed by atoms with E-state index in [-0.39, 0.29) is 11.2 Å². The minimum Gasteiger partial charge on any atom is -0.497 e. The van der Waals surface area contributed by atoms with Crippen molar-refractivity contribution in [1.82, 2.24) is 4.98 Å². The minimum atomic E-state index is -0.704. The molecule has 178 valence electrons. The lowest BCUT2D eigenvalue weighted by atomic mass is 9.98. The van der Waals surface area contributed by atoms with E-state index in [1.165, 1.54) is 11.3 Å². The molecule has 0 bridgehead atoms. The Balaban J connectivity index is 1.55. The van der Waals surface area contributed by atoms with Gasteiger partial charge in [-0.25, -0.2) is 4.98 Å². The molecule has 2 aromatic heterocycles. The molecule has 0 spiro atoms. The fraction of sp³-hybridized carbons (Fsp3) is 0.107. The zero-order valence-electron chi connectivity index (χ0n) is 19.3. The number of rotatable bonds is 6. The molecule has 3 heterocycles. The molecule has 7 nitrogen and oxygen atoms in total. The van der Waals surface area contributed by atoms with Gasteiger partial charge in [-0.15, -0.1) is 0 Å². The number of benzene rings is 3. The van der Waals surface area contributed by atoms with E-state index >= 15 is 0 Å². The zero-order chi connectivity index (χ0) is 24.8. The van der Waals surface area contributed by atoms with Crippen LogP contribution in [0.3, 0.4) is 0 Å². The molecule has 0 N–H and O–H groups in total. The van der Waals surface area contributed by atoms with Crippen molar-refractivity contribution in [1.29, 1.82) is 0 Å². The Kier molecular flexibility index (Phi) is 5.30. The maximum absolute atomic E-state index is 13.8.